The van der Waals surface area contributed by atoms with Gasteiger partial charge in [0.1, 0.15) is 12.4 Å². The van der Waals surface area contributed by atoms with Crippen LogP contribution in [0.1, 0.15) is 37.9 Å². The average molecular weight is 314 g/mol. The number of carbonyl (C=O) groups is 1. The molecule has 0 spiro atoms. The Bertz CT molecular complexity index is 671. The second-order valence-electron chi connectivity index (χ2n) is 6.74. The maximum atomic E-state index is 12.5. The third-order valence-electron chi connectivity index (χ3n) is 4.46. The number of benzene rings is 1. The van der Waals surface area contributed by atoms with Gasteiger partial charge < -0.3 is 14.8 Å². The van der Waals surface area contributed by atoms with Gasteiger partial charge in [0, 0.05) is 6.04 Å². The van der Waals surface area contributed by atoms with Gasteiger partial charge >= 0.3 is 0 Å². The van der Waals surface area contributed by atoms with Crippen LogP contribution in [0.5, 0.6) is 0 Å². The van der Waals surface area contributed by atoms with Gasteiger partial charge in [0.2, 0.25) is 5.91 Å². The van der Waals surface area contributed by atoms with Crippen molar-refractivity contribution < 1.29 is 4.79 Å². The summed E-state index contributed by atoms with van der Waals surface area (Å²) in [6.45, 7) is 1.07. The molecule has 5 nitrogen and oxygen atoms in total. The number of aromatic nitrogens is 2. The largest absolute Gasteiger partial charge is 0.352 e. The predicted octanol–water partition coefficient (Wildman–Crippen LogP) is 2.55. The molecule has 0 atom stereocenters. The van der Waals surface area contributed by atoms with Crippen LogP contribution in [-0.4, -0.2) is 40.5 Å². The molecule has 0 radical (unpaired) electrons. The Labute approximate surface area is 137 Å². The molecule has 3 rings (SSSR count). The molecule has 2 aromatic rings. The van der Waals surface area contributed by atoms with Crippen molar-refractivity contribution >= 4 is 16.9 Å². The molecule has 1 saturated carbocycles. The molecule has 1 aromatic carbocycles. The third-order valence-corrected chi connectivity index (χ3v) is 4.46. The van der Waals surface area contributed by atoms with Crippen LogP contribution in [-0.2, 0) is 17.9 Å². The zero-order valence-corrected chi connectivity index (χ0v) is 14.1. The minimum Gasteiger partial charge on any atom is -0.352 e. The number of hydrogen-bond acceptors (Lipinski definition) is 3. The van der Waals surface area contributed by atoms with Gasteiger partial charge in [0.15, 0.2) is 0 Å². The van der Waals surface area contributed by atoms with E-state index in [0.29, 0.717) is 12.6 Å². The Balaban J connectivity index is 1.78. The fourth-order valence-corrected chi connectivity index (χ4v) is 3.37. The average Bonchev–Trinajstić information content (AvgIpc) is 2.85. The lowest BCUT2D eigenvalue weighted by Gasteiger charge is -2.23. The fourth-order valence-electron chi connectivity index (χ4n) is 3.37. The summed E-state index contributed by atoms with van der Waals surface area (Å²) in [6.07, 6.45) is 5.98. The van der Waals surface area contributed by atoms with Crippen molar-refractivity contribution in [3.8, 4) is 0 Å². The first-order chi connectivity index (χ1) is 11.1. The van der Waals surface area contributed by atoms with Gasteiger partial charge in [-0.1, -0.05) is 31.4 Å². The highest BCUT2D eigenvalue weighted by Crippen LogP contribution is 2.19. The van der Waals surface area contributed by atoms with Gasteiger partial charge in [-0.05, 0) is 39.1 Å². The number of amides is 1. The molecule has 1 heterocycles. The highest BCUT2D eigenvalue weighted by atomic mass is 16.2. The van der Waals surface area contributed by atoms with Gasteiger partial charge in [-0.3, -0.25) is 4.79 Å². The summed E-state index contributed by atoms with van der Waals surface area (Å²) in [5.74, 6) is 1.04. The van der Waals surface area contributed by atoms with Gasteiger partial charge in [0.05, 0.1) is 17.6 Å². The Morgan fingerprint density at radius 3 is 2.74 bits per heavy atom. The standard InChI is InChI=1S/C18H26N4O/c1-21(2)12-17-20-15-10-6-7-11-16(15)22(17)13-18(23)19-14-8-4-3-5-9-14/h6-7,10-11,14H,3-5,8-9,12-13H2,1-2H3,(H,19,23). The normalized spacial score (nSPS) is 16.1. The van der Waals surface area contributed by atoms with E-state index in [-0.39, 0.29) is 5.91 Å². The predicted molar refractivity (Wildman–Crippen MR) is 92.1 cm³/mol. The van der Waals surface area contributed by atoms with Crippen molar-refractivity contribution in [3.63, 3.8) is 0 Å². The summed E-state index contributed by atoms with van der Waals surface area (Å²) in [6, 6.07) is 8.38. The zero-order valence-electron chi connectivity index (χ0n) is 14.1. The van der Waals surface area contributed by atoms with E-state index in [2.05, 4.69) is 10.2 Å². The number of nitrogens with zero attached hydrogens (tertiary/aromatic N) is 3. The molecule has 0 saturated heterocycles. The molecule has 0 bridgehead atoms. The monoisotopic (exact) mass is 314 g/mol. The second-order valence-corrected chi connectivity index (χ2v) is 6.74. The third kappa shape index (κ3) is 3.91. The molecule has 23 heavy (non-hydrogen) atoms. The van der Waals surface area contributed by atoms with Crippen LogP contribution in [0.3, 0.4) is 0 Å². The van der Waals surface area contributed by atoms with Crippen molar-refractivity contribution in [3.05, 3.63) is 30.1 Å². The van der Waals surface area contributed by atoms with E-state index in [9.17, 15) is 4.79 Å². The minimum atomic E-state index is 0.0973. The molecule has 1 aromatic heterocycles. The summed E-state index contributed by atoms with van der Waals surface area (Å²) >= 11 is 0. The van der Waals surface area contributed by atoms with E-state index < -0.39 is 0 Å². The molecule has 1 fully saturated rings. The van der Waals surface area contributed by atoms with E-state index >= 15 is 0 Å². The SMILES string of the molecule is CN(C)Cc1nc2ccccc2n1CC(=O)NC1CCCCC1. The fraction of sp³-hybridized carbons (Fsp3) is 0.556. The van der Waals surface area contributed by atoms with Crippen molar-refractivity contribution in [2.24, 2.45) is 0 Å². The number of hydrogen-bond donors (Lipinski definition) is 1. The molecular formula is C18H26N4O. The number of para-hydroxylation sites is 2. The Morgan fingerprint density at radius 1 is 1.26 bits per heavy atom. The lowest BCUT2D eigenvalue weighted by Crippen LogP contribution is -2.38. The van der Waals surface area contributed by atoms with E-state index in [1.165, 1.54) is 19.3 Å². The first kappa shape index (κ1) is 16.0. The summed E-state index contributed by atoms with van der Waals surface area (Å²) in [7, 11) is 4.04. The van der Waals surface area contributed by atoms with Crippen LogP contribution in [0, 0.1) is 0 Å². The number of imidazole rings is 1. The zero-order chi connectivity index (χ0) is 16.2. The van der Waals surface area contributed by atoms with E-state index in [4.69, 9.17) is 4.98 Å². The first-order valence-electron chi connectivity index (χ1n) is 8.52. The quantitative estimate of drug-likeness (QED) is 0.923. The summed E-state index contributed by atoms with van der Waals surface area (Å²) in [4.78, 5) is 19.3. The molecule has 1 aliphatic rings. The van der Waals surface area contributed by atoms with E-state index in [1.54, 1.807) is 0 Å². The second kappa shape index (κ2) is 7.13. The molecule has 1 N–H and O–H groups in total. The molecular weight excluding hydrogens is 288 g/mol. The van der Waals surface area contributed by atoms with Gasteiger partial charge in [-0.2, -0.15) is 0 Å². The van der Waals surface area contributed by atoms with Crippen molar-refractivity contribution in [2.75, 3.05) is 14.1 Å². The first-order valence-corrected chi connectivity index (χ1v) is 8.52. The maximum absolute atomic E-state index is 12.5. The lowest BCUT2D eigenvalue weighted by atomic mass is 9.95. The van der Waals surface area contributed by atoms with Crippen LogP contribution in [0.4, 0.5) is 0 Å². The molecule has 5 heteroatoms. The molecule has 1 amide bonds. The maximum Gasteiger partial charge on any atom is 0.240 e. The summed E-state index contributed by atoms with van der Waals surface area (Å²) in [5.41, 5.74) is 1.98. The Kier molecular flexibility index (Phi) is 4.96. The smallest absolute Gasteiger partial charge is 0.240 e. The van der Waals surface area contributed by atoms with E-state index in [0.717, 1.165) is 36.2 Å². The van der Waals surface area contributed by atoms with Crippen LogP contribution in [0.15, 0.2) is 24.3 Å². The van der Waals surface area contributed by atoms with Crippen molar-refractivity contribution in [1.29, 1.82) is 0 Å². The van der Waals surface area contributed by atoms with E-state index in [1.807, 2.05) is 42.9 Å². The molecule has 0 unspecified atom stereocenters. The van der Waals surface area contributed by atoms with Crippen LogP contribution < -0.4 is 5.32 Å². The van der Waals surface area contributed by atoms with Crippen LogP contribution in [0.25, 0.3) is 11.0 Å². The number of fused-ring (bicyclic) bond motifs is 1. The highest BCUT2D eigenvalue weighted by molar-refractivity contribution is 5.81. The Hall–Kier alpha value is -1.88. The molecule has 1 aliphatic carbocycles. The summed E-state index contributed by atoms with van der Waals surface area (Å²) < 4.78 is 2.05. The van der Waals surface area contributed by atoms with Crippen molar-refractivity contribution in [2.45, 2.75) is 51.2 Å². The van der Waals surface area contributed by atoms with Crippen molar-refractivity contribution in [1.82, 2.24) is 19.8 Å². The molecule has 0 aliphatic heterocycles. The minimum absolute atomic E-state index is 0.0973. The number of rotatable bonds is 5. The topological polar surface area (TPSA) is 50.2 Å². The number of carbonyl (C=O) groups excluding carboxylic acids is 1. The van der Waals surface area contributed by atoms with Gasteiger partial charge in [-0.25, -0.2) is 4.98 Å². The van der Waals surface area contributed by atoms with Crippen LogP contribution in [0.2, 0.25) is 0 Å². The Morgan fingerprint density at radius 2 is 2.00 bits per heavy atom. The van der Waals surface area contributed by atoms with Gasteiger partial charge in [-0.15, -0.1) is 0 Å². The number of nitrogens with one attached hydrogen (secondary N) is 1. The lowest BCUT2D eigenvalue weighted by molar-refractivity contribution is -0.122. The van der Waals surface area contributed by atoms with Crippen LogP contribution >= 0.6 is 0 Å². The van der Waals surface area contributed by atoms with Gasteiger partial charge in [0.25, 0.3) is 0 Å². The molecule has 124 valence electrons. The summed E-state index contributed by atoms with van der Waals surface area (Å²) in [5, 5.41) is 3.20. The highest BCUT2D eigenvalue weighted by Gasteiger charge is 2.18.